The van der Waals surface area contributed by atoms with Crippen LogP contribution < -0.4 is 0 Å². The lowest BCUT2D eigenvalue weighted by Crippen LogP contribution is -2.27. The molecule has 2 bridgehead atoms. The lowest BCUT2D eigenvalue weighted by molar-refractivity contribution is 0.112. The van der Waals surface area contributed by atoms with Gasteiger partial charge in [0.15, 0.2) is 6.29 Å². The molecule has 80 valence electrons. The zero-order valence-electron chi connectivity index (χ0n) is 8.69. The standard InChI is InChI=1S/C12H15NOS/c14-7-12-5-9(8-15-12)6-13-10-1-2-11(13)4-3-10/h5,7-8,10-11H,1-4,6H2. The molecule has 1 aromatic rings. The molecular weight excluding hydrogens is 206 g/mol. The Balaban J connectivity index is 1.72. The van der Waals surface area contributed by atoms with Crippen molar-refractivity contribution in [3.63, 3.8) is 0 Å². The second kappa shape index (κ2) is 3.72. The van der Waals surface area contributed by atoms with Crippen molar-refractivity contribution in [1.29, 1.82) is 0 Å². The van der Waals surface area contributed by atoms with Gasteiger partial charge in [0.1, 0.15) is 0 Å². The molecule has 3 heteroatoms. The molecule has 0 radical (unpaired) electrons. The van der Waals surface area contributed by atoms with Gasteiger partial charge in [0, 0.05) is 18.6 Å². The van der Waals surface area contributed by atoms with Gasteiger partial charge >= 0.3 is 0 Å². The van der Waals surface area contributed by atoms with Crippen LogP contribution in [0.15, 0.2) is 11.4 Å². The number of thiophene rings is 1. The van der Waals surface area contributed by atoms with Gasteiger partial charge in [-0.05, 0) is 42.7 Å². The van der Waals surface area contributed by atoms with Crippen molar-refractivity contribution in [2.75, 3.05) is 0 Å². The molecular formula is C12H15NOS. The Bertz CT molecular complexity index is 353. The predicted octanol–water partition coefficient (Wildman–Crippen LogP) is 2.69. The molecule has 3 rings (SSSR count). The van der Waals surface area contributed by atoms with Crippen LogP contribution in [-0.2, 0) is 6.54 Å². The van der Waals surface area contributed by atoms with Crippen molar-refractivity contribution in [2.24, 2.45) is 0 Å². The molecule has 0 aromatic carbocycles. The molecule has 0 saturated carbocycles. The molecule has 2 aliphatic rings. The SMILES string of the molecule is O=Cc1cc(CN2C3CCC2CC3)cs1. The maximum Gasteiger partial charge on any atom is 0.160 e. The predicted molar refractivity (Wildman–Crippen MR) is 61.3 cm³/mol. The van der Waals surface area contributed by atoms with Gasteiger partial charge in [-0.25, -0.2) is 0 Å². The minimum Gasteiger partial charge on any atom is -0.297 e. The van der Waals surface area contributed by atoms with Gasteiger partial charge in [-0.15, -0.1) is 11.3 Å². The Morgan fingerprint density at radius 1 is 1.33 bits per heavy atom. The first-order valence-corrected chi connectivity index (χ1v) is 6.53. The fourth-order valence-corrected chi connectivity index (χ4v) is 3.73. The van der Waals surface area contributed by atoms with Crippen molar-refractivity contribution in [2.45, 2.75) is 44.3 Å². The van der Waals surface area contributed by atoms with E-state index in [-0.39, 0.29) is 0 Å². The Kier molecular flexibility index (Phi) is 2.37. The molecule has 3 heterocycles. The third-order valence-corrected chi connectivity index (χ3v) is 4.67. The average molecular weight is 221 g/mol. The third kappa shape index (κ3) is 1.64. The Labute approximate surface area is 93.9 Å². The van der Waals surface area contributed by atoms with E-state index < -0.39 is 0 Å². The van der Waals surface area contributed by atoms with Crippen LogP contribution >= 0.6 is 11.3 Å². The summed E-state index contributed by atoms with van der Waals surface area (Å²) in [6.07, 6.45) is 6.49. The van der Waals surface area contributed by atoms with Gasteiger partial charge in [0.2, 0.25) is 0 Å². The summed E-state index contributed by atoms with van der Waals surface area (Å²) in [6.45, 7) is 1.06. The number of carbonyl (C=O) groups excluding carboxylic acids is 1. The summed E-state index contributed by atoms with van der Waals surface area (Å²) in [6, 6.07) is 3.69. The van der Waals surface area contributed by atoms with Crippen molar-refractivity contribution in [3.8, 4) is 0 Å². The van der Waals surface area contributed by atoms with Crippen LogP contribution in [0.5, 0.6) is 0 Å². The zero-order chi connectivity index (χ0) is 10.3. The first-order valence-electron chi connectivity index (χ1n) is 5.65. The van der Waals surface area contributed by atoms with E-state index in [1.165, 1.54) is 31.2 Å². The third-order valence-electron chi connectivity index (χ3n) is 3.76. The van der Waals surface area contributed by atoms with E-state index in [0.717, 1.165) is 29.8 Å². The second-order valence-electron chi connectivity index (χ2n) is 4.61. The minimum absolute atomic E-state index is 0.828. The molecule has 2 saturated heterocycles. The number of fused-ring (bicyclic) bond motifs is 2. The van der Waals surface area contributed by atoms with E-state index in [4.69, 9.17) is 0 Å². The summed E-state index contributed by atoms with van der Waals surface area (Å²) in [5.74, 6) is 0. The van der Waals surface area contributed by atoms with Crippen molar-refractivity contribution < 1.29 is 4.79 Å². The highest BCUT2D eigenvalue weighted by Crippen LogP contribution is 2.38. The highest BCUT2D eigenvalue weighted by Gasteiger charge is 2.38. The fourth-order valence-electron chi connectivity index (χ4n) is 3.03. The van der Waals surface area contributed by atoms with Crippen LogP contribution in [0, 0.1) is 0 Å². The average Bonchev–Trinajstić information content (AvgIpc) is 2.96. The van der Waals surface area contributed by atoms with Gasteiger partial charge in [0.25, 0.3) is 0 Å². The Morgan fingerprint density at radius 2 is 2.00 bits per heavy atom. The highest BCUT2D eigenvalue weighted by molar-refractivity contribution is 7.11. The van der Waals surface area contributed by atoms with E-state index in [9.17, 15) is 4.79 Å². The van der Waals surface area contributed by atoms with E-state index in [0.29, 0.717) is 0 Å². The monoisotopic (exact) mass is 221 g/mol. The lowest BCUT2D eigenvalue weighted by Gasteiger charge is -2.20. The zero-order valence-corrected chi connectivity index (χ0v) is 9.50. The Morgan fingerprint density at radius 3 is 2.53 bits per heavy atom. The van der Waals surface area contributed by atoms with Crippen LogP contribution in [-0.4, -0.2) is 23.3 Å². The summed E-state index contributed by atoms with van der Waals surface area (Å²) >= 11 is 1.56. The number of carbonyl (C=O) groups is 1. The van der Waals surface area contributed by atoms with Crippen molar-refractivity contribution >= 4 is 17.6 Å². The first kappa shape index (κ1) is 9.55. The number of hydrogen-bond acceptors (Lipinski definition) is 3. The number of nitrogens with zero attached hydrogens (tertiary/aromatic N) is 1. The molecule has 15 heavy (non-hydrogen) atoms. The highest BCUT2D eigenvalue weighted by atomic mass is 32.1. The molecule has 2 nitrogen and oxygen atoms in total. The van der Waals surface area contributed by atoms with Gasteiger partial charge in [-0.1, -0.05) is 0 Å². The maximum absolute atomic E-state index is 10.6. The van der Waals surface area contributed by atoms with Crippen LogP contribution in [0.4, 0.5) is 0 Å². The molecule has 0 aliphatic carbocycles. The quantitative estimate of drug-likeness (QED) is 0.731. The Hall–Kier alpha value is -0.670. The second-order valence-corrected chi connectivity index (χ2v) is 5.55. The summed E-state index contributed by atoms with van der Waals surface area (Å²) in [7, 11) is 0. The van der Waals surface area contributed by atoms with Crippen LogP contribution in [0.1, 0.15) is 40.9 Å². The van der Waals surface area contributed by atoms with Gasteiger partial charge < -0.3 is 0 Å². The van der Waals surface area contributed by atoms with E-state index in [2.05, 4.69) is 10.3 Å². The smallest absolute Gasteiger partial charge is 0.160 e. The van der Waals surface area contributed by atoms with Gasteiger partial charge in [0.05, 0.1) is 4.88 Å². The summed E-state index contributed by atoms with van der Waals surface area (Å²) in [4.78, 5) is 14.1. The van der Waals surface area contributed by atoms with E-state index >= 15 is 0 Å². The van der Waals surface area contributed by atoms with Crippen molar-refractivity contribution in [3.05, 3.63) is 21.9 Å². The lowest BCUT2D eigenvalue weighted by atomic mass is 10.0. The minimum atomic E-state index is 0.828. The molecule has 1 aromatic heterocycles. The molecule has 0 amide bonds. The largest absolute Gasteiger partial charge is 0.297 e. The first-order chi connectivity index (χ1) is 7.36. The summed E-state index contributed by atoms with van der Waals surface area (Å²) < 4.78 is 0. The van der Waals surface area contributed by atoms with E-state index in [1.807, 2.05) is 6.07 Å². The summed E-state index contributed by atoms with van der Waals surface area (Å²) in [5.41, 5.74) is 1.32. The fraction of sp³-hybridized carbons (Fsp3) is 0.583. The maximum atomic E-state index is 10.6. The topological polar surface area (TPSA) is 20.3 Å². The molecule has 0 N–H and O–H groups in total. The molecule has 0 atom stereocenters. The summed E-state index contributed by atoms with van der Waals surface area (Å²) in [5, 5.41) is 2.13. The van der Waals surface area contributed by atoms with E-state index in [1.54, 1.807) is 11.3 Å². The normalized spacial score (nSPS) is 29.9. The molecule has 2 aliphatic heterocycles. The van der Waals surface area contributed by atoms with Gasteiger partial charge in [-0.2, -0.15) is 0 Å². The van der Waals surface area contributed by atoms with Crippen LogP contribution in [0.3, 0.4) is 0 Å². The number of aldehydes is 1. The number of rotatable bonds is 3. The molecule has 0 unspecified atom stereocenters. The van der Waals surface area contributed by atoms with Crippen LogP contribution in [0.2, 0.25) is 0 Å². The number of hydrogen-bond donors (Lipinski definition) is 0. The van der Waals surface area contributed by atoms with Crippen LogP contribution in [0.25, 0.3) is 0 Å². The molecule has 0 spiro atoms. The molecule has 2 fully saturated rings. The van der Waals surface area contributed by atoms with Gasteiger partial charge in [-0.3, -0.25) is 9.69 Å². The van der Waals surface area contributed by atoms with Crippen molar-refractivity contribution in [1.82, 2.24) is 4.90 Å².